The molecule has 0 aliphatic heterocycles. The zero-order valence-electron chi connectivity index (χ0n) is 11.6. The van der Waals surface area contributed by atoms with Crippen LogP contribution in [0.3, 0.4) is 0 Å². The number of hydrogen-bond donors (Lipinski definition) is 2. The zero-order chi connectivity index (χ0) is 17.1. The minimum atomic E-state index is -4.71. The lowest BCUT2D eigenvalue weighted by Gasteiger charge is -2.20. The van der Waals surface area contributed by atoms with Gasteiger partial charge >= 0.3 is 12.1 Å². The molecule has 0 spiro atoms. The molecule has 0 saturated carbocycles. The third kappa shape index (κ3) is 4.11. The minimum Gasteiger partial charge on any atom is -0.463 e. The van der Waals surface area contributed by atoms with Crippen molar-refractivity contribution in [2.75, 3.05) is 11.9 Å². The topological polar surface area (TPSA) is 75.6 Å². The van der Waals surface area contributed by atoms with E-state index in [0.29, 0.717) is 6.07 Å². The largest absolute Gasteiger partial charge is 0.463 e. The fourth-order valence-electron chi connectivity index (χ4n) is 1.44. The Labute approximate surface area is 129 Å². The van der Waals surface area contributed by atoms with Crippen molar-refractivity contribution >= 4 is 29.2 Å². The summed E-state index contributed by atoms with van der Waals surface area (Å²) in [5.41, 5.74) is -3.96. The molecule has 0 heterocycles. The number of rotatable bonds is 4. The number of carbonyl (C=O) groups is 2. The molecule has 1 amide bonds. The lowest BCUT2D eigenvalue weighted by molar-refractivity contribution is -0.167. The summed E-state index contributed by atoms with van der Waals surface area (Å²) in [6.45, 7) is 2.28. The lowest BCUT2D eigenvalue weighted by atomic mass is 10.1. The van der Waals surface area contributed by atoms with Crippen molar-refractivity contribution < 1.29 is 32.6 Å². The highest BCUT2D eigenvalue weighted by Crippen LogP contribution is 2.36. The molecule has 0 aliphatic carbocycles. The van der Waals surface area contributed by atoms with Crippen LogP contribution >= 0.6 is 11.6 Å². The van der Waals surface area contributed by atoms with Crippen molar-refractivity contribution in [1.82, 2.24) is 0 Å². The van der Waals surface area contributed by atoms with E-state index < -0.39 is 34.2 Å². The average molecular weight is 340 g/mol. The first-order valence-corrected chi connectivity index (χ1v) is 6.45. The minimum absolute atomic E-state index is 0.0680. The Morgan fingerprint density at radius 1 is 1.36 bits per heavy atom. The van der Waals surface area contributed by atoms with Gasteiger partial charge in [-0.2, -0.15) is 13.2 Å². The number of aliphatic hydroxyl groups is 1. The number of nitrogens with one attached hydrogen (secondary N) is 1. The summed E-state index contributed by atoms with van der Waals surface area (Å²) in [5.74, 6) is -2.43. The molecule has 1 aromatic carbocycles. The Morgan fingerprint density at radius 3 is 2.45 bits per heavy atom. The molecule has 22 heavy (non-hydrogen) atoms. The Bertz CT molecular complexity index is 587. The second kappa shape index (κ2) is 6.53. The second-order valence-electron chi connectivity index (χ2n) is 4.44. The van der Waals surface area contributed by atoms with E-state index in [9.17, 15) is 27.9 Å². The molecule has 9 heteroatoms. The molecule has 0 fully saturated rings. The number of amides is 1. The van der Waals surface area contributed by atoms with Gasteiger partial charge in [0, 0.05) is 5.69 Å². The molecule has 1 rings (SSSR count). The summed E-state index contributed by atoms with van der Waals surface area (Å²) in [5, 5.41) is 11.3. The summed E-state index contributed by atoms with van der Waals surface area (Å²) < 4.78 is 42.6. The molecule has 2 N–H and O–H groups in total. The number of halogens is 4. The maximum Gasteiger partial charge on any atom is 0.417 e. The van der Waals surface area contributed by atoms with Crippen LogP contribution in [0, 0.1) is 0 Å². The van der Waals surface area contributed by atoms with Crippen LogP contribution in [0.15, 0.2) is 18.2 Å². The van der Waals surface area contributed by atoms with Gasteiger partial charge in [-0.15, -0.1) is 0 Å². The van der Waals surface area contributed by atoms with Crippen LogP contribution < -0.4 is 5.32 Å². The Morgan fingerprint density at radius 2 is 1.95 bits per heavy atom. The maximum absolute atomic E-state index is 12.7. The highest BCUT2D eigenvalue weighted by Gasteiger charge is 2.41. The molecule has 5 nitrogen and oxygen atoms in total. The third-order valence-corrected chi connectivity index (χ3v) is 2.97. The molecule has 122 valence electrons. The number of carbonyl (C=O) groups excluding carboxylic acids is 2. The number of esters is 1. The van der Waals surface area contributed by atoms with Crippen molar-refractivity contribution in [1.29, 1.82) is 0 Å². The van der Waals surface area contributed by atoms with Gasteiger partial charge in [-0.1, -0.05) is 11.6 Å². The summed E-state index contributed by atoms with van der Waals surface area (Å²) >= 11 is 5.44. The Kier molecular flexibility index (Phi) is 5.42. The maximum atomic E-state index is 12.7. The van der Waals surface area contributed by atoms with Gasteiger partial charge in [0.1, 0.15) is 0 Å². The molecular weight excluding hydrogens is 327 g/mol. The van der Waals surface area contributed by atoms with E-state index in [1.54, 1.807) is 0 Å². The van der Waals surface area contributed by atoms with E-state index in [2.05, 4.69) is 4.74 Å². The van der Waals surface area contributed by atoms with Gasteiger partial charge in [0.15, 0.2) is 0 Å². The van der Waals surface area contributed by atoms with Gasteiger partial charge in [0.2, 0.25) is 5.60 Å². The van der Waals surface area contributed by atoms with Crippen LogP contribution in [0.4, 0.5) is 18.9 Å². The van der Waals surface area contributed by atoms with Gasteiger partial charge in [-0.3, -0.25) is 4.79 Å². The van der Waals surface area contributed by atoms with Crippen molar-refractivity contribution in [3.8, 4) is 0 Å². The first kappa shape index (κ1) is 18.2. The summed E-state index contributed by atoms with van der Waals surface area (Å²) in [7, 11) is 0. The normalized spacial score (nSPS) is 14.1. The van der Waals surface area contributed by atoms with Crippen molar-refractivity contribution in [3.63, 3.8) is 0 Å². The summed E-state index contributed by atoms with van der Waals surface area (Å²) in [6, 6.07) is 2.65. The smallest absolute Gasteiger partial charge is 0.417 e. The number of hydrogen-bond acceptors (Lipinski definition) is 4. The van der Waals surface area contributed by atoms with E-state index >= 15 is 0 Å². The molecule has 0 saturated heterocycles. The number of ether oxygens (including phenoxy) is 1. The summed E-state index contributed by atoms with van der Waals surface area (Å²) in [6.07, 6.45) is -4.71. The van der Waals surface area contributed by atoms with Crippen LogP contribution in [0.5, 0.6) is 0 Å². The number of alkyl halides is 3. The van der Waals surface area contributed by atoms with Crippen molar-refractivity contribution in [3.05, 3.63) is 28.8 Å². The number of benzene rings is 1. The highest BCUT2D eigenvalue weighted by molar-refractivity contribution is 6.31. The van der Waals surface area contributed by atoms with E-state index in [4.69, 9.17) is 11.6 Å². The Hall–Kier alpha value is -1.80. The molecule has 1 aromatic rings. The first-order chi connectivity index (χ1) is 10.00. The standard InChI is InChI=1S/C13H13ClF3NO4/c1-3-22-11(20)12(2,21)10(19)18-7-4-5-9(14)8(6-7)13(15,16)17/h4-6,21H,3H2,1-2H3,(H,18,19). The van der Waals surface area contributed by atoms with E-state index in [0.717, 1.165) is 19.1 Å². The second-order valence-corrected chi connectivity index (χ2v) is 4.85. The van der Waals surface area contributed by atoms with Gasteiger partial charge in [0.05, 0.1) is 17.2 Å². The van der Waals surface area contributed by atoms with Gasteiger partial charge in [-0.25, -0.2) is 4.79 Å². The molecular formula is C13H13ClF3NO4. The van der Waals surface area contributed by atoms with Crippen LogP contribution in [-0.2, 0) is 20.5 Å². The van der Waals surface area contributed by atoms with Crippen LogP contribution in [-0.4, -0.2) is 29.2 Å². The molecule has 0 aliphatic rings. The van der Waals surface area contributed by atoms with E-state index in [1.807, 2.05) is 5.32 Å². The average Bonchev–Trinajstić information content (AvgIpc) is 2.39. The van der Waals surface area contributed by atoms with Crippen molar-refractivity contribution in [2.45, 2.75) is 25.6 Å². The fraction of sp³-hybridized carbons (Fsp3) is 0.385. The molecule has 1 unspecified atom stereocenters. The quantitative estimate of drug-likeness (QED) is 0.653. The highest BCUT2D eigenvalue weighted by atomic mass is 35.5. The fourth-order valence-corrected chi connectivity index (χ4v) is 1.66. The number of anilines is 1. The molecule has 0 radical (unpaired) electrons. The SMILES string of the molecule is CCOC(=O)C(C)(O)C(=O)Nc1ccc(Cl)c(C(F)(F)F)c1. The molecule has 0 aromatic heterocycles. The van der Waals surface area contributed by atoms with Crippen molar-refractivity contribution in [2.24, 2.45) is 0 Å². The lowest BCUT2D eigenvalue weighted by Crippen LogP contribution is -2.48. The molecule has 1 atom stereocenters. The molecule has 0 bridgehead atoms. The van der Waals surface area contributed by atoms with Gasteiger partial charge in [-0.05, 0) is 32.0 Å². The van der Waals surface area contributed by atoms with E-state index in [-0.39, 0.29) is 12.3 Å². The monoisotopic (exact) mass is 339 g/mol. The predicted octanol–water partition coefficient (Wildman–Crippen LogP) is 2.61. The first-order valence-electron chi connectivity index (χ1n) is 6.08. The van der Waals surface area contributed by atoms with Crippen LogP contribution in [0.1, 0.15) is 19.4 Å². The Balaban J connectivity index is 3.01. The third-order valence-electron chi connectivity index (χ3n) is 2.64. The summed E-state index contributed by atoms with van der Waals surface area (Å²) in [4.78, 5) is 23.3. The van der Waals surface area contributed by atoms with Crippen LogP contribution in [0.2, 0.25) is 5.02 Å². The van der Waals surface area contributed by atoms with Gasteiger partial charge in [0.25, 0.3) is 5.91 Å². The van der Waals surface area contributed by atoms with Gasteiger partial charge < -0.3 is 15.2 Å². The zero-order valence-corrected chi connectivity index (χ0v) is 12.4. The van der Waals surface area contributed by atoms with Crippen LogP contribution in [0.25, 0.3) is 0 Å². The van der Waals surface area contributed by atoms with E-state index in [1.165, 1.54) is 6.92 Å². The predicted molar refractivity (Wildman–Crippen MR) is 72.3 cm³/mol.